The van der Waals surface area contributed by atoms with Crippen LogP contribution in [-0.4, -0.2) is 36.9 Å². The fraction of sp³-hybridized carbons (Fsp3) is 1.00. The summed E-state index contributed by atoms with van der Waals surface area (Å²) in [6, 6.07) is 0. The Morgan fingerprint density at radius 3 is 1.24 bits per heavy atom. The van der Waals surface area contributed by atoms with Crippen LogP contribution < -0.4 is 0 Å². The Balaban J connectivity index is 5.34. The Morgan fingerprint density at radius 1 is 0.762 bits per heavy atom. The average molecular weight is 406 g/mol. The van der Waals surface area contributed by atoms with Crippen molar-refractivity contribution in [3.8, 4) is 0 Å². The monoisotopic (exact) mass is 404 g/mol. The molecule has 0 rings (SSSR count). The summed E-state index contributed by atoms with van der Waals surface area (Å²) in [6.07, 6.45) is 1.28. The fourth-order valence-corrected chi connectivity index (χ4v) is 7.47. The molecule has 0 saturated heterocycles. The van der Waals surface area contributed by atoms with Crippen LogP contribution in [0.3, 0.4) is 0 Å². The van der Waals surface area contributed by atoms with E-state index in [-0.39, 0.29) is 18.3 Å². The summed E-state index contributed by atoms with van der Waals surface area (Å²) in [5, 5.41) is 0. The van der Waals surface area contributed by atoms with Gasteiger partial charge in [0.2, 0.25) is 0 Å². The predicted octanol–water partition coefficient (Wildman–Crippen LogP) is 1.67. The quantitative estimate of drug-likeness (QED) is 0.450. The van der Waals surface area contributed by atoms with Crippen LogP contribution >= 0.6 is 0 Å². The van der Waals surface area contributed by atoms with E-state index in [1.165, 1.54) is 0 Å². The Kier molecular flexibility index (Phi) is 10.2. The molecule has 0 amide bonds. The molecular weight excluding hydrogens is 375 g/mol. The number of hydrogen-bond acceptors (Lipinski definition) is 7. The molecule has 0 aliphatic carbocycles. The normalized spacial score (nSPS) is 19.9. The van der Waals surface area contributed by atoms with Gasteiger partial charge in [0.05, 0.1) is 0 Å². The van der Waals surface area contributed by atoms with Crippen LogP contribution in [0.4, 0.5) is 0 Å². The van der Waals surface area contributed by atoms with E-state index in [0.29, 0.717) is 19.3 Å². The van der Waals surface area contributed by atoms with Crippen molar-refractivity contribution < 1.29 is 47.4 Å². The van der Waals surface area contributed by atoms with Crippen molar-refractivity contribution in [2.75, 3.05) is 0 Å². The summed E-state index contributed by atoms with van der Waals surface area (Å²) in [5.41, 5.74) is 0. The van der Waals surface area contributed by atoms with Gasteiger partial charge in [0.1, 0.15) is 0 Å². The zero-order chi connectivity index (χ0) is 16.7. The number of rotatable bonds is 11. The topological polar surface area (TPSA) is 97.6 Å². The Bertz CT molecular complexity index is 256. The van der Waals surface area contributed by atoms with Crippen LogP contribution in [0, 0.1) is 0 Å². The van der Waals surface area contributed by atoms with Gasteiger partial charge in [-0.1, -0.05) is 0 Å². The van der Waals surface area contributed by atoms with E-state index in [1.807, 2.05) is 41.5 Å². The van der Waals surface area contributed by atoms with E-state index in [1.54, 1.807) is 0 Å². The Morgan fingerprint density at radius 2 is 1.05 bits per heavy atom. The van der Waals surface area contributed by atoms with Gasteiger partial charge in [0.25, 0.3) is 0 Å². The van der Waals surface area contributed by atoms with E-state index >= 15 is 0 Å². The van der Waals surface area contributed by atoms with Crippen LogP contribution in [0.25, 0.3) is 0 Å². The zero-order valence-corrected chi connectivity index (χ0v) is 17.3. The van der Waals surface area contributed by atoms with Crippen molar-refractivity contribution in [1.82, 2.24) is 0 Å². The molecule has 9 heteroatoms. The van der Waals surface area contributed by atoms with Gasteiger partial charge in [-0.2, -0.15) is 0 Å². The van der Waals surface area contributed by atoms with Crippen LogP contribution in [0.2, 0.25) is 0 Å². The molecule has 3 unspecified atom stereocenters. The van der Waals surface area contributed by atoms with Crippen LogP contribution in [0.1, 0.15) is 60.8 Å². The molecule has 0 aromatic heterocycles. The van der Waals surface area contributed by atoms with Gasteiger partial charge in [0.15, 0.2) is 0 Å². The molecule has 0 heterocycles. The first-order valence-corrected chi connectivity index (χ1v) is 13.4. The standard InChI is InChI=1S/C12H27O4Si.3H2O.Zr/c1-7-10(4)14-17(13,15-11(5)8-2)16-12(6)9-3;;;;/h10-12H,7-9H2,1-6H3;3*1H2;/q-1;;;;+4/p-3. The molecule has 128 valence electrons. The molecular formula is C12H30O7SiZr. The summed E-state index contributed by atoms with van der Waals surface area (Å²) < 4.78 is 50.6. The van der Waals surface area contributed by atoms with Gasteiger partial charge in [-0.15, -0.1) is 0 Å². The third kappa shape index (κ3) is 9.53. The molecule has 0 bridgehead atoms. The van der Waals surface area contributed by atoms with Crippen molar-refractivity contribution in [3.63, 3.8) is 0 Å². The molecule has 3 atom stereocenters. The van der Waals surface area contributed by atoms with Crippen LogP contribution in [-0.2, 0) is 37.8 Å². The maximum atomic E-state index is 9.40. The van der Waals surface area contributed by atoms with E-state index in [9.17, 15) is 9.55 Å². The minimum absolute atomic E-state index is 0.251. The fourth-order valence-electron chi connectivity index (χ4n) is 1.31. The minimum atomic E-state index is -5.60. The van der Waals surface area contributed by atoms with Crippen molar-refractivity contribution >= 4 is 9.05 Å². The van der Waals surface area contributed by atoms with Crippen molar-refractivity contribution in [2.24, 2.45) is 0 Å². The molecule has 0 spiro atoms. The Hall–Kier alpha value is 0.820. The first-order valence-electron chi connectivity index (χ1n) is 7.48. The first kappa shape index (κ1) is 21.8. The third-order valence-electron chi connectivity index (χ3n) is 3.02. The molecule has 21 heavy (non-hydrogen) atoms. The molecule has 0 saturated carbocycles. The maximum absolute atomic E-state index is 9.40. The average Bonchev–Trinajstić information content (AvgIpc) is 2.35. The van der Waals surface area contributed by atoms with Crippen molar-refractivity contribution in [1.29, 1.82) is 0 Å². The van der Waals surface area contributed by atoms with Crippen LogP contribution in [0.5, 0.6) is 0 Å². The van der Waals surface area contributed by atoms with Gasteiger partial charge in [-0.25, -0.2) is 0 Å². The summed E-state index contributed by atoms with van der Waals surface area (Å²) >= 11 is -5.60. The SMILES string of the molecule is CCC(C)O[Si](OC(C)CC)(OC(C)CC)[O][Zr]([OH])([OH])[OH]. The van der Waals surface area contributed by atoms with E-state index in [2.05, 4.69) is 0 Å². The zero-order valence-electron chi connectivity index (χ0n) is 13.8. The molecule has 0 fully saturated rings. The Labute approximate surface area is 135 Å². The summed E-state index contributed by atoms with van der Waals surface area (Å²) in [7, 11) is -3.84. The molecule has 3 N–H and O–H groups in total. The van der Waals surface area contributed by atoms with E-state index < -0.39 is 31.1 Å². The number of hydrogen-bond donors (Lipinski definition) is 3. The molecule has 0 aliphatic heterocycles. The van der Waals surface area contributed by atoms with Gasteiger partial charge in [-0.05, 0) is 0 Å². The molecule has 0 aromatic rings. The van der Waals surface area contributed by atoms with E-state index in [4.69, 9.17) is 15.8 Å². The second kappa shape index (κ2) is 9.85. The van der Waals surface area contributed by atoms with Crippen molar-refractivity contribution in [3.05, 3.63) is 0 Å². The van der Waals surface area contributed by atoms with Crippen molar-refractivity contribution in [2.45, 2.75) is 79.1 Å². The molecule has 0 radical (unpaired) electrons. The van der Waals surface area contributed by atoms with E-state index in [0.717, 1.165) is 0 Å². The van der Waals surface area contributed by atoms with Gasteiger partial charge in [-0.3, -0.25) is 0 Å². The predicted molar refractivity (Wildman–Crippen MR) is 76.0 cm³/mol. The first-order chi connectivity index (χ1) is 9.57. The summed E-state index contributed by atoms with van der Waals surface area (Å²) in [4.78, 5) is 0. The summed E-state index contributed by atoms with van der Waals surface area (Å²) in [5.74, 6) is 0. The third-order valence-corrected chi connectivity index (χ3v) is 9.48. The molecule has 7 nitrogen and oxygen atoms in total. The molecule has 0 aromatic carbocycles. The second-order valence-electron chi connectivity index (χ2n) is 5.19. The van der Waals surface area contributed by atoms with Gasteiger partial charge in [0, 0.05) is 0 Å². The van der Waals surface area contributed by atoms with Gasteiger partial charge >= 0.3 is 136 Å². The summed E-state index contributed by atoms with van der Waals surface area (Å²) in [6.45, 7) is 11.2. The second-order valence-corrected chi connectivity index (χ2v) is 11.4. The van der Waals surface area contributed by atoms with Crippen LogP contribution in [0.15, 0.2) is 0 Å². The van der Waals surface area contributed by atoms with Gasteiger partial charge < -0.3 is 0 Å². The molecule has 0 aliphatic rings.